The van der Waals surface area contributed by atoms with Gasteiger partial charge in [-0.3, -0.25) is 9.88 Å². The molecule has 1 aromatic heterocycles. The number of pyridine rings is 1. The Labute approximate surface area is 139 Å². The second-order valence-electron chi connectivity index (χ2n) is 7.44. The fraction of sp³-hybridized carbons (Fsp3) is 0.737. The maximum absolute atomic E-state index is 5.89. The molecule has 0 radical (unpaired) electrons. The summed E-state index contributed by atoms with van der Waals surface area (Å²) >= 11 is 0. The van der Waals surface area contributed by atoms with E-state index in [1.165, 1.54) is 55.5 Å². The Morgan fingerprint density at radius 2 is 2.00 bits per heavy atom. The third kappa shape index (κ3) is 4.11. The molecule has 0 amide bonds. The van der Waals surface area contributed by atoms with Gasteiger partial charge in [-0.15, -0.1) is 0 Å². The van der Waals surface area contributed by atoms with Crippen LogP contribution in [0.3, 0.4) is 0 Å². The molecule has 3 aliphatic rings. The number of hydrogen-bond acceptors (Lipinski definition) is 4. The molecule has 0 aromatic carbocycles. The Hall–Kier alpha value is -0.970. The molecule has 0 spiro atoms. The first-order valence-corrected chi connectivity index (χ1v) is 9.21. The van der Waals surface area contributed by atoms with Gasteiger partial charge in [0.25, 0.3) is 0 Å². The Morgan fingerprint density at radius 3 is 2.83 bits per heavy atom. The van der Waals surface area contributed by atoms with E-state index in [-0.39, 0.29) is 0 Å². The zero-order chi connectivity index (χ0) is 15.5. The van der Waals surface area contributed by atoms with Gasteiger partial charge in [0.05, 0.1) is 6.61 Å². The highest BCUT2D eigenvalue weighted by Crippen LogP contribution is 2.30. The average Bonchev–Trinajstić information content (AvgIpc) is 3.40. The van der Waals surface area contributed by atoms with Crippen LogP contribution in [0, 0.1) is 11.8 Å². The Bertz CT molecular complexity index is 524. The van der Waals surface area contributed by atoms with Crippen molar-refractivity contribution in [1.29, 1.82) is 0 Å². The molecular weight excluding hydrogens is 288 g/mol. The van der Waals surface area contributed by atoms with Gasteiger partial charge in [-0.05, 0) is 60.6 Å². The molecule has 2 fully saturated rings. The lowest BCUT2D eigenvalue weighted by Gasteiger charge is -2.33. The minimum absolute atomic E-state index is 0.743. The van der Waals surface area contributed by atoms with Crippen molar-refractivity contribution in [3.63, 3.8) is 0 Å². The van der Waals surface area contributed by atoms with Crippen LogP contribution in [0.25, 0.3) is 0 Å². The molecule has 0 unspecified atom stereocenters. The summed E-state index contributed by atoms with van der Waals surface area (Å²) < 4.78 is 11.4. The molecule has 3 heterocycles. The van der Waals surface area contributed by atoms with E-state index in [9.17, 15) is 0 Å². The number of rotatable bonds is 6. The van der Waals surface area contributed by atoms with Crippen LogP contribution in [0.4, 0.5) is 0 Å². The van der Waals surface area contributed by atoms with E-state index in [0.29, 0.717) is 0 Å². The molecule has 1 saturated carbocycles. The molecule has 1 saturated heterocycles. The fourth-order valence-corrected chi connectivity index (χ4v) is 3.82. The summed E-state index contributed by atoms with van der Waals surface area (Å²) in [5.41, 5.74) is 4.23. The van der Waals surface area contributed by atoms with Gasteiger partial charge in [0, 0.05) is 51.8 Å². The molecule has 23 heavy (non-hydrogen) atoms. The third-order valence-electron chi connectivity index (χ3n) is 5.47. The average molecular weight is 316 g/mol. The van der Waals surface area contributed by atoms with Gasteiger partial charge in [0.15, 0.2) is 0 Å². The number of nitrogens with zero attached hydrogens (tertiary/aromatic N) is 2. The smallest absolute Gasteiger partial charge is 0.0734 e. The van der Waals surface area contributed by atoms with Crippen molar-refractivity contribution >= 4 is 0 Å². The van der Waals surface area contributed by atoms with Crippen LogP contribution < -0.4 is 0 Å². The normalized spacial score (nSPS) is 23.0. The molecule has 0 bridgehead atoms. The predicted octanol–water partition coefficient (Wildman–Crippen LogP) is 2.79. The second kappa shape index (κ2) is 7.29. The molecule has 1 aliphatic carbocycles. The van der Waals surface area contributed by atoms with Gasteiger partial charge in [-0.2, -0.15) is 0 Å². The van der Waals surface area contributed by atoms with Crippen LogP contribution in [0.5, 0.6) is 0 Å². The Morgan fingerprint density at radius 1 is 1.13 bits per heavy atom. The second-order valence-corrected chi connectivity index (χ2v) is 7.44. The molecule has 2 aliphatic heterocycles. The summed E-state index contributed by atoms with van der Waals surface area (Å²) in [4.78, 5) is 7.07. The van der Waals surface area contributed by atoms with Gasteiger partial charge >= 0.3 is 0 Å². The maximum atomic E-state index is 5.89. The molecule has 4 nitrogen and oxygen atoms in total. The van der Waals surface area contributed by atoms with Crippen LogP contribution in [0.1, 0.15) is 42.4 Å². The zero-order valence-electron chi connectivity index (χ0n) is 14.0. The Kier molecular flexibility index (Phi) is 4.93. The van der Waals surface area contributed by atoms with E-state index >= 15 is 0 Å². The van der Waals surface area contributed by atoms with Gasteiger partial charge in [0.2, 0.25) is 0 Å². The van der Waals surface area contributed by atoms with Crippen molar-refractivity contribution in [3.8, 4) is 0 Å². The van der Waals surface area contributed by atoms with Crippen molar-refractivity contribution in [3.05, 3.63) is 29.1 Å². The van der Waals surface area contributed by atoms with Crippen molar-refractivity contribution < 1.29 is 9.47 Å². The highest BCUT2D eigenvalue weighted by atomic mass is 16.5. The van der Waals surface area contributed by atoms with E-state index in [1.807, 2.05) is 6.20 Å². The first-order chi connectivity index (χ1) is 11.4. The van der Waals surface area contributed by atoms with Crippen LogP contribution in [0.15, 0.2) is 12.4 Å². The van der Waals surface area contributed by atoms with Crippen molar-refractivity contribution in [2.75, 3.05) is 32.9 Å². The topological polar surface area (TPSA) is 34.6 Å². The summed E-state index contributed by atoms with van der Waals surface area (Å²) in [6, 6.07) is 0. The monoisotopic (exact) mass is 316 g/mol. The van der Waals surface area contributed by atoms with E-state index in [4.69, 9.17) is 9.47 Å². The lowest BCUT2D eigenvalue weighted by molar-refractivity contribution is 0.0504. The number of hydrogen-bond donors (Lipinski definition) is 0. The Balaban J connectivity index is 1.34. The highest BCUT2D eigenvalue weighted by molar-refractivity contribution is 5.33. The van der Waals surface area contributed by atoms with Gasteiger partial charge in [-0.1, -0.05) is 0 Å². The van der Waals surface area contributed by atoms with Gasteiger partial charge in [0.1, 0.15) is 0 Å². The van der Waals surface area contributed by atoms with Gasteiger partial charge < -0.3 is 9.47 Å². The summed E-state index contributed by atoms with van der Waals surface area (Å²) in [7, 11) is 0. The van der Waals surface area contributed by atoms with E-state index in [1.54, 1.807) is 0 Å². The third-order valence-corrected chi connectivity index (χ3v) is 5.47. The summed E-state index contributed by atoms with van der Waals surface area (Å²) in [6.45, 7) is 7.00. The molecule has 1 aromatic rings. The minimum Gasteiger partial charge on any atom is -0.381 e. The largest absolute Gasteiger partial charge is 0.381 e. The van der Waals surface area contributed by atoms with Crippen molar-refractivity contribution in [1.82, 2.24) is 9.88 Å². The lowest BCUT2D eigenvalue weighted by atomic mass is 9.94. The first kappa shape index (κ1) is 15.6. The molecule has 0 N–H and O–H groups in total. The SMILES string of the molecule is c1ncc2c(c1COCC1CC1)CCN(CC1CCOCC1)C2. The quantitative estimate of drug-likeness (QED) is 0.808. The van der Waals surface area contributed by atoms with Crippen molar-refractivity contribution in [2.24, 2.45) is 11.8 Å². The first-order valence-electron chi connectivity index (χ1n) is 9.21. The maximum Gasteiger partial charge on any atom is 0.0734 e. The number of ether oxygens (including phenoxy) is 2. The standard InChI is InChI=1S/C19H28N2O2/c1-2-16(1)13-23-14-18-10-20-9-17-12-21(6-3-19(17)18)11-15-4-7-22-8-5-15/h9-10,15-16H,1-8,11-14H2. The zero-order valence-corrected chi connectivity index (χ0v) is 14.0. The van der Waals surface area contributed by atoms with E-state index < -0.39 is 0 Å². The van der Waals surface area contributed by atoms with Crippen LogP contribution in [-0.2, 0) is 29.0 Å². The summed E-state index contributed by atoms with van der Waals surface area (Å²) in [6.07, 6.45) is 10.4. The number of aromatic nitrogens is 1. The molecule has 4 rings (SSSR count). The van der Waals surface area contributed by atoms with E-state index in [0.717, 1.165) is 51.2 Å². The van der Waals surface area contributed by atoms with Crippen LogP contribution in [-0.4, -0.2) is 42.8 Å². The van der Waals surface area contributed by atoms with E-state index in [2.05, 4.69) is 16.1 Å². The molecule has 126 valence electrons. The van der Waals surface area contributed by atoms with Crippen LogP contribution >= 0.6 is 0 Å². The lowest BCUT2D eigenvalue weighted by Crippen LogP contribution is -2.36. The number of fused-ring (bicyclic) bond motifs is 1. The molecule has 0 atom stereocenters. The fourth-order valence-electron chi connectivity index (χ4n) is 3.82. The summed E-state index contributed by atoms with van der Waals surface area (Å²) in [5.74, 6) is 1.64. The molecule has 4 heteroatoms. The van der Waals surface area contributed by atoms with Crippen molar-refractivity contribution in [2.45, 2.75) is 45.3 Å². The van der Waals surface area contributed by atoms with Gasteiger partial charge in [-0.25, -0.2) is 0 Å². The summed E-state index contributed by atoms with van der Waals surface area (Å²) in [5, 5.41) is 0. The molecular formula is C19H28N2O2. The van der Waals surface area contributed by atoms with Crippen LogP contribution in [0.2, 0.25) is 0 Å². The minimum atomic E-state index is 0.743. The highest BCUT2D eigenvalue weighted by Gasteiger charge is 2.24. The predicted molar refractivity (Wildman–Crippen MR) is 89.1 cm³/mol.